The second kappa shape index (κ2) is 9.09. The quantitative estimate of drug-likeness (QED) is 0.557. The summed E-state index contributed by atoms with van der Waals surface area (Å²) in [7, 11) is 0. The molecule has 3 rings (SSSR count). The van der Waals surface area contributed by atoms with Gasteiger partial charge in [-0.05, 0) is 42.3 Å². The molecule has 6 nitrogen and oxygen atoms in total. The molecule has 27 heavy (non-hydrogen) atoms. The van der Waals surface area contributed by atoms with Crippen LogP contribution in [0.3, 0.4) is 0 Å². The van der Waals surface area contributed by atoms with Gasteiger partial charge < -0.3 is 20.4 Å². The number of aromatic amines is 1. The number of hydrogen-bond acceptors (Lipinski definition) is 3. The van der Waals surface area contributed by atoms with Crippen LogP contribution in [-0.2, 0) is 16.0 Å². The third kappa shape index (κ3) is 5.49. The van der Waals surface area contributed by atoms with Gasteiger partial charge in [-0.2, -0.15) is 0 Å². The molecule has 0 unspecified atom stereocenters. The van der Waals surface area contributed by atoms with Crippen molar-refractivity contribution >= 4 is 34.3 Å². The van der Waals surface area contributed by atoms with E-state index in [1.54, 1.807) is 24.3 Å². The molecule has 3 N–H and O–H groups in total. The maximum absolute atomic E-state index is 11.9. The summed E-state index contributed by atoms with van der Waals surface area (Å²) >= 11 is 5.78. The highest BCUT2D eigenvalue weighted by molar-refractivity contribution is 6.30. The van der Waals surface area contributed by atoms with Crippen molar-refractivity contribution in [2.24, 2.45) is 0 Å². The van der Waals surface area contributed by atoms with Crippen molar-refractivity contribution in [1.29, 1.82) is 0 Å². The molecule has 0 aliphatic carbocycles. The van der Waals surface area contributed by atoms with Gasteiger partial charge in [0.1, 0.15) is 5.75 Å². The van der Waals surface area contributed by atoms with Crippen LogP contribution >= 0.6 is 11.6 Å². The minimum absolute atomic E-state index is 0.0866. The first kappa shape index (κ1) is 18.8. The molecule has 0 spiro atoms. The highest BCUT2D eigenvalue weighted by atomic mass is 35.5. The number of para-hydroxylation sites is 1. The first-order valence-corrected chi connectivity index (χ1v) is 8.96. The molecule has 2 amide bonds. The van der Waals surface area contributed by atoms with E-state index in [1.807, 2.05) is 30.5 Å². The summed E-state index contributed by atoms with van der Waals surface area (Å²) in [5.41, 5.74) is 2.22. The van der Waals surface area contributed by atoms with E-state index in [2.05, 4.69) is 15.6 Å². The normalized spacial score (nSPS) is 10.6. The number of carbonyl (C=O) groups is 2. The summed E-state index contributed by atoms with van der Waals surface area (Å²) in [6.07, 6.45) is 2.66. The molecule has 2 aromatic carbocycles. The molecule has 0 radical (unpaired) electrons. The molecule has 0 aliphatic heterocycles. The molecule has 7 heteroatoms. The molecule has 0 saturated carbocycles. The molecule has 1 aromatic heterocycles. The third-order valence-corrected chi connectivity index (χ3v) is 4.27. The Kier molecular flexibility index (Phi) is 6.33. The van der Waals surface area contributed by atoms with Gasteiger partial charge in [-0.3, -0.25) is 9.59 Å². The van der Waals surface area contributed by atoms with Gasteiger partial charge in [0.05, 0.1) is 6.54 Å². The summed E-state index contributed by atoms with van der Waals surface area (Å²) < 4.78 is 5.32. The molecule has 0 saturated heterocycles. The number of carbonyl (C=O) groups excluding carboxylic acids is 2. The number of benzene rings is 2. The van der Waals surface area contributed by atoms with Crippen LogP contribution in [0.15, 0.2) is 54.7 Å². The standard InChI is InChI=1S/C20H20ClN3O3/c21-15-5-7-16(8-6-15)27-13-20(26)24-12-19(25)22-10-9-14-11-23-18-4-2-1-3-17(14)18/h1-8,11,23H,9-10,12-13H2,(H,22,25)(H,24,26). The Hall–Kier alpha value is -2.99. The Labute approximate surface area is 161 Å². The number of halogens is 1. The van der Waals surface area contributed by atoms with Crippen molar-refractivity contribution in [1.82, 2.24) is 15.6 Å². The largest absolute Gasteiger partial charge is 0.484 e. The zero-order valence-corrected chi connectivity index (χ0v) is 15.4. The van der Waals surface area contributed by atoms with E-state index < -0.39 is 0 Å². The summed E-state index contributed by atoms with van der Waals surface area (Å²) in [4.78, 5) is 26.8. The molecule has 0 bridgehead atoms. The van der Waals surface area contributed by atoms with Crippen molar-refractivity contribution in [3.63, 3.8) is 0 Å². The van der Waals surface area contributed by atoms with Crippen molar-refractivity contribution in [2.75, 3.05) is 19.7 Å². The van der Waals surface area contributed by atoms with E-state index in [-0.39, 0.29) is 25.0 Å². The van der Waals surface area contributed by atoms with Crippen LogP contribution in [0.5, 0.6) is 5.75 Å². The van der Waals surface area contributed by atoms with Gasteiger partial charge >= 0.3 is 0 Å². The lowest BCUT2D eigenvalue weighted by Crippen LogP contribution is -2.39. The molecular formula is C20H20ClN3O3. The summed E-state index contributed by atoms with van der Waals surface area (Å²) in [6.45, 7) is 0.249. The minimum Gasteiger partial charge on any atom is -0.484 e. The fourth-order valence-electron chi connectivity index (χ4n) is 2.65. The third-order valence-electron chi connectivity index (χ3n) is 4.02. The Bertz CT molecular complexity index is 922. The predicted molar refractivity (Wildman–Crippen MR) is 105 cm³/mol. The zero-order valence-electron chi connectivity index (χ0n) is 14.6. The van der Waals surface area contributed by atoms with Gasteiger partial charge in [0.15, 0.2) is 6.61 Å². The van der Waals surface area contributed by atoms with Crippen molar-refractivity contribution < 1.29 is 14.3 Å². The van der Waals surface area contributed by atoms with Crippen LogP contribution in [0.25, 0.3) is 10.9 Å². The maximum Gasteiger partial charge on any atom is 0.258 e. The number of amides is 2. The van der Waals surface area contributed by atoms with E-state index >= 15 is 0 Å². The molecule has 0 fully saturated rings. The Morgan fingerprint density at radius 2 is 1.78 bits per heavy atom. The zero-order chi connectivity index (χ0) is 19.1. The number of H-pyrrole nitrogens is 1. The van der Waals surface area contributed by atoms with E-state index in [1.165, 1.54) is 0 Å². The monoisotopic (exact) mass is 385 g/mol. The number of hydrogen-bond donors (Lipinski definition) is 3. The van der Waals surface area contributed by atoms with Gasteiger partial charge in [0.2, 0.25) is 5.91 Å². The topological polar surface area (TPSA) is 83.2 Å². The van der Waals surface area contributed by atoms with E-state index in [4.69, 9.17) is 16.3 Å². The lowest BCUT2D eigenvalue weighted by atomic mass is 10.1. The molecule has 140 valence electrons. The SMILES string of the molecule is O=C(CNC(=O)COc1ccc(Cl)cc1)NCCc1c[nH]c2ccccc12. The van der Waals surface area contributed by atoms with Crippen LogP contribution in [0, 0.1) is 0 Å². The summed E-state index contributed by atoms with van der Waals surface area (Å²) in [6, 6.07) is 14.7. The first-order valence-electron chi connectivity index (χ1n) is 8.58. The molecule has 0 aliphatic rings. The van der Waals surface area contributed by atoms with Crippen molar-refractivity contribution in [3.8, 4) is 5.75 Å². The number of rotatable bonds is 8. The lowest BCUT2D eigenvalue weighted by Gasteiger charge is -2.08. The Morgan fingerprint density at radius 3 is 2.59 bits per heavy atom. The molecular weight excluding hydrogens is 366 g/mol. The van der Waals surface area contributed by atoms with Gasteiger partial charge in [-0.25, -0.2) is 0 Å². The highest BCUT2D eigenvalue weighted by Gasteiger charge is 2.07. The fraction of sp³-hybridized carbons (Fsp3) is 0.200. The number of aromatic nitrogens is 1. The van der Waals surface area contributed by atoms with Gasteiger partial charge in [0, 0.05) is 28.7 Å². The molecule has 3 aromatic rings. The Morgan fingerprint density at radius 1 is 1.00 bits per heavy atom. The van der Waals surface area contributed by atoms with Crippen LogP contribution in [0.1, 0.15) is 5.56 Å². The average Bonchev–Trinajstić information content (AvgIpc) is 3.09. The van der Waals surface area contributed by atoms with Gasteiger partial charge in [-0.15, -0.1) is 0 Å². The number of fused-ring (bicyclic) bond motifs is 1. The van der Waals surface area contributed by atoms with E-state index in [9.17, 15) is 9.59 Å². The van der Waals surface area contributed by atoms with E-state index in [0.29, 0.717) is 23.7 Å². The minimum atomic E-state index is -0.364. The highest BCUT2D eigenvalue weighted by Crippen LogP contribution is 2.17. The smallest absolute Gasteiger partial charge is 0.258 e. The van der Waals surface area contributed by atoms with Gasteiger partial charge in [0.25, 0.3) is 5.91 Å². The average molecular weight is 386 g/mol. The van der Waals surface area contributed by atoms with Crippen LogP contribution in [-0.4, -0.2) is 36.5 Å². The summed E-state index contributed by atoms with van der Waals surface area (Å²) in [5.74, 6) is -0.0656. The predicted octanol–water partition coefficient (Wildman–Crippen LogP) is 2.68. The van der Waals surface area contributed by atoms with Crippen LogP contribution in [0.2, 0.25) is 5.02 Å². The number of ether oxygens (including phenoxy) is 1. The lowest BCUT2D eigenvalue weighted by molar-refractivity contribution is -0.127. The summed E-state index contributed by atoms with van der Waals surface area (Å²) in [5, 5.41) is 7.07. The van der Waals surface area contributed by atoms with Crippen LogP contribution < -0.4 is 15.4 Å². The van der Waals surface area contributed by atoms with Crippen molar-refractivity contribution in [3.05, 3.63) is 65.3 Å². The second-order valence-corrected chi connectivity index (χ2v) is 6.42. The fourth-order valence-corrected chi connectivity index (χ4v) is 2.77. The molecule has 1 heterocycles. The van der Waals surface area contributed by atoms with Crippen LogP contribution in [0.4, 0.5) is 0 Å². The van der Waals surface area contributed by atoms with Gasteiger partial charge in [-0.1, -0.05) is 29.8 Å². The number of nitrogens with one attached hydrogen (secondary N) is 3. The Balaban J connectivity index is 1.34. The first-order chi connectivity index (χ1) is 13.1. The second-order valence-electron chi connectivity index (χ2n) is 5.98. The van der Waals surface area contributed by atoms with E-state index in [0.717, 1.165) is 16.5 Å². The van der Waals surface area contributed by atoms with Crippen molar-refractivity contribution in [2.45, 2.75) is 6.42 Å². The molecule has 0 atom stereocenters. The maximum atomic E-state index is 11.9.